The van der Waals surface area contributed by atoms with Crippen LogP contribution in [0.3, 0.4) is 0 Å². The molecule has 1 aromatic heterocycles. The second kappa shape index (κ2) is 6.02. The van der Waals surface area contributed by atoms with E-state index < -0.39 is 0 Å². The van der Waals surface area contributed by atoms with Gasteiger partial charge in [-0.05, 0) is 25.9 Å². The fourth-order valence-electron chi connectivity index (χ4n) is 2.31. The minimum Gasteiger partial charge on any atom is -0.340 e. The molecule has 2 rings (SSSR count). The van der Waals surface area contributed by atoms with E-state index in [1.165, 1.54) is 13.0 Å². The molecular formula is C12H23N5. The second-order valence-corrected chi connectivity index (χ2v) is 4.66. The van der Waals surface area contributed by atoms with Crippen LogP contribution in [-0.4, -0.2) is 53.7 Å². The van der Waals surface area contributed by atoms with Gasteiger partial charge in [-0.25, -0.2) is 4.98 Å². The third kappa shape index (κ3) is 3.20. The first kappa shape index (κ1) is 12.4. The lowest BCUT2D eigenvalue weighted by Crippen LogP contribution is -2.47. The van der Waals surface area contributed by atoms with Crippen LogP contribution in [0.5, 0.6) is 0 Å². The molecule has 2 heterocycles. The van der Waals surface area contributed by atoms with Gasteiger partial charge in [0.1, 0.15) is 0 Å². The molecule has 5 heteroatoms. The Morgan fingerprint density at radius 3 is 2.59 bits per heavy atom. The van der Waals surface area contributed by atoms with Crippen LogP contribution in [0.2, 0.25) is 0 Å². The summed E-state index contributed by atoms with van der Waals surface area (Å²) in [5.74, 6) is 1.09. The summed E-state index contributed by atoms with van der Waals surface area (Å²) < 4.78 is 2.09. The lowest BCUT2D eigenvalue weighted by atomic mass is 10.2. The van der Waals surface area contributed by atoms with E-state index in [2.05, 4.69) is 26.4 Å². The van der Waals surface area contributed by atoms with Gasteiger partial charge in [0.15, 0.2) is 0 Å². The van der Waals surface area contributed by atoms with Gasteiger partial charge in [0.25, 0.3) is 0 Å². The molecule has 0 spiro atoms. The first-order valence-electron chi connectivity index (χ1n) is 6.46. The molecule has 0 bridgehead atoms. The molecule has 2 N–H and O–H groups in total. The lowest BCUT2D eigenvalue weighted by molar-refractivity contribution is 0.252. The normalized spacial score (nSPS) is 17.6. The number of imidazole rings is 1. The van der Waals surface area contributed by atoms with Crippen molar-refractivity contribution in [1.29, 1.82) is 0 Å². The van der Waals surface area contributed by atoms with E-state index >= 15 is 0 Å². The smallest absolute Gasteiger partial charge is 0.205 e. The highest BCUT2D eigenvalue weighted by Gasteiger charge is 2.18. The predicted octanol–water partition coefficient (Wildman–Crippen LogP) is 0.281. The van der Waals surface area contributed by atoms with Crippen molar-refractivity contribution in [3.63, 3.8) is 0 Å². The SMILES string of the molecule is Cn1ccnc1N1CCN(CCCCN)CC1. The fourth-order valence-corrected chi connectivity index (χ4v) is 2.31. The summed E-state index contributed by atoms with van der Waals surface area (Å²) in [6.45, 7) is 6.43. The quantitative estimate of drug-likeness (QED) is 0.747. The van der Waals surface area contributed by atoms with Gasteiger partial charge >= 0.3 is 0 Å². The van der Waals surface area contributed by atoms with Crippen LogP contribution >= 0.6 is 0 Å². The van der Waals surface area contributed by atoms with Gasteiger partial charge in [0, 0.05) is 45.6 Å². The molecule has 1 aromatic rings. The van der Waals surface area contributed by atoms with Gasteiger partial charge in [-0.15, -0.1) is 0 Å². The van der Waals surface area contributed by atoms with Crippen molar-refractivity contribution in [2.24, 2.45) is 12.8 Å². The molecule has 17 heavy (non-hydrogen) atoms. The summed E-state index contributed by atoms with van der Waals surface area (Å²) in [6.07, 6.45) is 6.23. The highest BCUT2D eigenvalue weighted by atomic mass is 15.3. The maximum atomic E-state index is 5.51. The molecule has 0 radical (unpaired) electrons. The third-order valence-electron chi connectivity index (χ3n) is 3.38. The number of anilines is 1. The van der Waals surface area contributed by atoms with Crippen molar-refractivity contribution in [1.82, 2.24) is 14.5 Å². The van der Waals surface area contributed by atoms with E-state index in [4.69, 9.17) is 5.73 Å². The summed E-state index contributed by atoms with van der Waals surface area (Å²) in [6, 6.07) is 0. The Bertz CT molecular complexity index is 327. The highest BCUT2D eigenvalue weighted by molar-refractivity contribution is 5.31. The van der Waals surface area contributed by atoms with E-state index in [0.29, 0.717) is 0 Å². The van der Waals surface area contributed by atoms with Gasteiger partial charge in [-0.1, -0.05) is 0 Å². The second-order valence-electron chi connectivity index (χ2n) is 4.66. The number of nitrogens with zero attached hydrogens (tertiary/aromatic N) is 4. The fraction of sp³-hybridized carbons (Fsp3) is 0.750. The summed E-state index contributed by atoms with van der Waals surface area (Å²) in [7, 11) is 2.05. The van der Waals surface area contributed by atoms with Crippen molar-refractivity contribution in [2.45, 2.75) is 12.8 Å². The molecule has 0 amide bonds. The standard InChI is InChI=1S/C12H23N5/c1-15-7-5-14-12(15)17-10-8-16(9-11-17)6-3-2-4-13/h5,7H,2-4,6,8-11,13H2,1H3. The van der Waals surface area contributed by atoms with Crippen LogP contribution in [0.15, 0.2) is 12.4 Å². The number of rotatable bonds is 5. The van der Waals surface area contributed by atoms with Crippen molar-refractivity contribution in [3.05, 3.63) is 12.4 Å². The zero-order chi connectivity index (χ0) is 12.1. The van der Waals surface area contributed by atoms with E-state index in [1.807, 2.05) is 12.4 Å². The number of nitrogens with two attached hydrogens (primary N) is 1. The van der Waals surface area contributed by atoms with Gasteiger partial charge in [0.2, 0.25) is 5.95 Å². The van der Waals surface area contributed by atoms with Gasteiger partial charge in [0.05, 0.1) is 0 Å². The molecule has 1 fully saturated rings. The lowest BCUT2D eigenvalue weighted by Gasteiger charge is -2.35. The van der Waals surface area contributed by atoms with Gasteiger partial charge in [-0.3, -0.25) is 4.90 Å². The van der Waals surface area contributed by atoms with Crippen LogP contribution in [0.25, 0.3) is 0 Å². The van der Waals surface area contributed by atoms with E-state index in [1.54, 1.807) is 0 Å². The summed E-state index contributed by atoms with van der Waals surface area (Å²) in [5, 5.41) is 0. The highest BCUT2D eigenvalue weighted by Crippen LogP contribution is 2.12. The van der Waals surface area contributed by atoms with Crippen LogP contribution in [0.1, 0.15) is 12.8 Å². The first-order chi connectivity index (χ1) is 8.31. The number of piperazine rings is 1. The number of aromatic nitrogens is 2. The zero-order valence-electron chi connectivity index (χ0n) is 10.7. The molecule has 1 saturated heterocycles. The molecule has 0 aromatic carbocycles. The molecule has 1 aliphatic heterocycles. The molecule has 1 aliphatic rings. The van der Waals surface area contributed by atoms with E-state index in [9.17, 15) is 0 Å². The Hall–Kier alpha value is -1.07. The Kier molecular flexibility index (Phi) is 4.39. The average Bonchev–Trinajstić information content (AvgIpc) is 2.77. The molecule has 0 unspecified atom stereocenters. The van der Waals surface area contributed by atoms with Crippen LogP contribution in [0.4, 0.5) is 5.95 Å². The van der Waals surface area contributed by atoms with Gasteiger partial charge in [-0.2, -0.15) is 0 Å². The number of unbranched alkanes of at least 4 members (excludes halogenated alkanes) is 1. The number of hydrogen-bond donors (Lipinski definition) is 1. The van der Waals surface area contributed by atoms with E-state index in [-0.39, 0.29) is 0 Å². The molecule has 96 valence electrons. The minimum atomic E-state index is 0.813. The molecule has 0 atom stereocenters. The number of hydrogen-bond acceptors (Lipinski definition) is 4. The van der Waals surface area contributed by atoms with Crippen LogP contribution in [0, 0.1) is 0 Å². The van der Waals surface area contributed by atoms with Crippen LogP contribution < -0.4 is 10.6 Å². The Morgan fingerprint density at radius 1 is 1.24 bits per heavy atom. The number of aryl methyl sites for hydroxylation is 1. The maximum Gasteiger partial charge on any atom is 0.205 e. The zero-order valence-corrected chi connectivity index (χ0v) is 10.7. The minimum absolute atomic E-state index is 0.813. The van der Waals surface area contributed by atoms with Crippen molar-refractivity contribution in [2.75, 3.05) is 44.2 Å². The first-order valence-corrected chi connectivity index (χ1v) is 6.46. The van der Waals surface area contributed by atoms with Crippen LogP contribution in [-0.2, 0) is 7.05 Å². The molecule has 0 saturated carbocycles. The monoisotopic (exact) mass is 237 g/mol. The van der Waals surface area contributed by atoms with Crippen molar-refractivity contribution >= 4 is 5.95 Å². The van der Waals surface area contributed by atoms with Gasteiger partial charge < -0.3 is 15.2 Å². The largest absolute Gasteiger partial charge is 0.340 e. The Labute approximate surface area is 103 Å². The molecule has 5 nitrogen and oxygen atoms in total. The third-order valence-corrected chi connectivity index (χ3v) is 3.38. The predicted molar refractivity (Wildman–Crippen MR) is 70.1 cm³/mol. The Balaban J connectivity index is 1.76. The van der Waals surface area contributed by atoms with Crippen molar-refractivity contribution in [3.8, 4) is 0 Å². The topological polar surface area (TPSA) is 50.3 Å². The molecular weight excluding hydrogens is 214 g/mol. The average molecular weight is 237 g/mol. The maximum absolute atomic E-state index is 5.51. The molecule has 0 aliphatic carbocycles. The van der Waals surface area contributed by atoms with E-state index in [0.717, 1.165) is 45.1 Å². The summed E-state index contributed by atoms with van der Waals surface area (Å²) in [4.78, 5) is 9.28. The summed E-state index contributed by atoms with van der Waals surface area (Å²) in [5.41, 5.74) is 5.51. The Morgan fingerprint density at radius 2 is 2.00 bits per heavy atom. The van der Waals surface area contributed by atoms with Crippen molar-refractivity contribution < 1.29 is 0 Å². The summed E-state index contributed by atoms with van der Waals surface area (Å²) >= 11 is 0.